The van der Waals surface area contributed by atoms with E-state index in [1.165, 1.54) is 24.9 Å². The van der Waals surface area contributed by atoms with E-state index >= 15 is 8.78 Å². The van der Waals surface area contributed by atoms with Gasteiger partial charge in [0.1, 0.15) is 5.82 Å². The first-order valence-electron chi connectivity index (χ1n) is 13.4. The molecule has 0 saturated carbocycles. The Labute approximate surface area is 211 Å². The van der Waals surface area contributed by atoms with Crippen LogP contribution in [0.25, 0.3) is 0 Å². The number of aryl methyl sites for hydroxylation is 1. The van der Waals surface area contributed by atoms with Gasteiger partial charge in [-0.25, -0.2) is 23.1 Å². The summed E-state index contributed by atoms with van der Waals surface area (Å²) >= 11 is 0. The number of hydrogen-bond donors (Lipinski definition) is 0. The Morgan fingerprint density at radius 3 is 2.08 bits per heavy atom. The lowest BCUT2D eigenvalue weighted by Gasteiger charge is -2.33. The number of nitrogens with zero attached hydrogens (tertiary/aromatic N) is 2. The van der Waals surface area contributed by atoms with Crippen molar-refractivity contribution in [3.63, 3.8) is 0 Å². The minimum Gasteiger partial charge on any atom is -0.490 e. The van der Waals surface area contributed by atoms with Crippen LogP contribution in [0.3, 0.4) is 0 Å². The van der Waals surface area contributed by atoms with Crippen LogP contribution in [0.1, 0.15) is 107 Å². The molecule has 1 atom stereocenters. The first-order valence-corrected chi connectivity index (χ1v) is 13.4. The second-order valence-corrected chi connectivity index (χ2v) is 9.55. The van der Waals surface area contributed by atoms with Gasteiger partial charge in [0.15, 0.2) is 17.3 Å². The topological polar surface area (TPSA) is 44.2 Å². The number of hydrogen-bond acceptors (Lipinski definition) is 4. The highest BCUT2D eigenvalue weighted by molar-refractivity contribution is 5.44. The smallest absolute Gasteiger partial charge is 0.286 e. The zero-order valence-electron chi connectivity index (χ0n) is 21.4. The van der Waals surface area contributed by atoms with E-state index in [2.05, 4.69) is 23.8 Å². The van der Waals surface area contributed by atoms with E-state index in [0.29, 0.717) is 18.8 Å². The van der Waals surface area contributed by atoms with E-state index in [4.69, 9.17) is 9.47 Å². The molecule has 4 nitrogen and oxygen atoms in total. The van der Waals surface area contributed by atoms with Crippen molar-refractivity contribution in [3.05, 3.63) is 47.0 Å². The third-order valence-corrected chi connectivity index (χ3v) is 6.71. The molecule has 1 aliphatic rings. The molecule has 1 aromatic heterocycles. The molecule has 8 heteroatoms. The molecule has 0 spiro atoms. The maximum absolute atomic E-state index is 15.4. The van der Waals surface area contributed by atoms with Crippen LogP contribution in [-0.2, 0) is 12.3 Å². The van der Waals surface area contributed by atoms with Gasteiger partial charge in [-0.15, -0.1) is 0 Å². The van der Waals surface area contributed by atoms with E-state index in [0.717, 1.165) is 51.4 Å². The lowest BCUT2D eigenvalue weighted by molar-refractivity contribution is -0.0500. The molecule has 1 aromatic carbocycles. The van der Waals surface area contributed by atoms with Gasteiger partial charge in [-0.3, -0.25) is 0 Å². The summed E-state index contributed by atoms with van der Waals surface area (Å²) in [7, 11) is 0. The molecule has 200 valence electrons. The fourth-order valence-corrected chi connectivity index (χ4v) is 4.63. The van der Waals surface area contributed by atoms with Crippen LogP contribution in [0.15, 0.2) is 18.5 Å². The molecule has 3 rings (SSSR count). The molecule has 2 aromatic rings. The molecule has 1 heterocycles. The van der Waals surface area contributed by atoms with Crippen LogP contribution in [0.2, 0.25) is 0 Å². The van der Waals surface area contributed by atoms with Gasteiger partial charge in [0.2, 0.25) is 5.82 Å². The largest absolute Gasteiger partial charge is 0.490 e. The van der Waals surface area contributed by atoms with E-state index in [1.54, 1.807) is 0 Å². The molecule has 36 heavy (non-hydrogen) atoms. The van der Waals surface area contributed by atoms with Gasteiger partial charge in [-0.1, -0.05) is 65.2 Å². The summed E-state index contributed by atoms with van der Waals surface area (Å²) in [5, 5.41) is 0. The first-order chi connectivity index (χ1) is 17.4. The summed E-state index contributed by atoms with van der Waals surface area (Å²) in [6.45, 7) is 4.98. The molecule has 0 fully saturated rings. The van der Waals surface area contributed by atoms with E-state index < -0.39 is 29.0 Å². The van der Waals surface area contributed by atoms with Crippen LogP contribution >= 0.6 is 0 Å². The molecular formula is C28H38F4N2O2. The number of aromatic nitrogens is 2. The Bertz CT molecular complexity index is 954. The number of unbranched alkanes of at least 4 members (excludes halogenated alkanes) is 8. The number of rotatable bonds is 15. The Hall–Kier alpha value is -2.38. The normalized spacial score (nSPS) is 16.6. The monoisotopic (exact) mass is 510 g/mol. The van der Waals surface area contributed by atoms with E-state index in [9.17, 15) is 8.78 Å². The van der Waals surface area contributed by atoms with Crippen LogP contribution < -0.4 is 9.47 Å². The minimum absolute atomic E-state index is 0.0131. The van der Waals surface area contributed by atoms with Crippen molar-refractivity contribution in [2.75, 3.05) is 13.2 Å². The van der Waals surface area contributed by atoms with Gasteiger partial charge in [0.25, 0.3) is 5.92 Å². The number of fused-ring (bicyclic) bond motifs is 1. The zero-order chi connectivity index (χ0) is 26.0. The van der Waals surface area contributed by atoms with Gasteiger partial charge < -0.3 is 9.47 Å². The predicted molar refractivity (Wildman–Crippen MR) is 132 cm³/mol. The molecule has 0 bridgehead atoms. The third kappa shape index (κ3) is 7.10. The average molecular weight is 511 g/mol. The van der Waals surface area contributed by atoms with Gasteiger partial charge in [-0.05, 0) is 37.3 Å². The maximum atomic E-state index is 15.4. The molecule has 1 unspecified atom stereocenters. The van der Waals surface area contributed by atoms with Crippen molar-refractivity contribution in [1.82, 2.24) is 9.97 Å². The maximum Gasteiger partial charge on any atom is 0.286 e. The molecule has 1 aliphatic carbocycles. The van der Waals surface area contributed by atoms with E-state index in [-0.39, 0.29) is 36.6 Å². The van der Waals surface area contributed by atoms with Crippen LogP contribution in [0.4, 0.5) is 17.6 Å². The van der Waals surface area contributed by atoms with Crippen molar-refractivity contribution in [3.8, 4) is 11.5 Å². The number of halogens is 4. The van der Waals surface area contributed by atoms with Crippen molar-refractivity contribution in [1.29, 1.82) is 0 Å². The molecule has 0 aliphatic heterocycles. The molecule has 0 radical (unpaired) electrons. The summed E-state index contributed by atoms with van der Waals surface area (Å²) in [4.78, 5) is 8.15. The minimum atomic E-state index is -3.65. The predicted octanol–water partition coefficient (Wildman–Crippen LogP) is 8.28. The van der Waals surface area contributed by atoms with Crippen molar-refractivity contribution in [2.45, 2.75) is 103 Å². The Morgan fingerprint density at radius 1 is 0.833 bits per heavy atom. The Kier molecular flexibility index (Phi) is 10.8. The Balaban J connectivity index is 1.65. The quantitative estimate of drug-likeness (QED) is 0.179. The zero-order valence-corrected chi connectivity index (χ0v) is 21.4. The van der Waals surface area contributed by atoms with Gasteiger partial charge in [0, 0.05) is 0 Å². The first kappa shape index (κ1) is 28.2. The molecule has 0 amide bonds. The van der Waals surface area contributed by atoms with Crippen LogP contribution in [-0.4, -0.2) is 23.2 Å². The highest BCUT2D eigenvalue weighted by atomic mass is 19.3. The summed E-state index contributed by atoms with van der Waals surface area (Å²) in [5.41, 5.74) is -0.844. The summed E-state index contributed by atoms with van der Waals surface area (Å²) < 4.78 is 71.5. The Morgan fingerprint density at radius 2 is 1.42 bits per heavy atom. The van der Waals surface area contributed by atoms with Crippen LogP contribution in [0, 0.1) is 11.6 Å². The highest BCUT2D eigenvalue weighted by Gasteiger charge is 2.50. The number of alkyl halides is 2. The van der Waals surface area contributed by atoms with Gasteiger partial charge in [0.05, 0.1) is 37.1 Å². The number of benzene rings is 1. The third-order valence-electron chi connectivity index (χ3n) is 6.71. The van der Waals surface area contributed by atoms with Crippen molar-refractivity contribution < 1.29 is 27.0 Å². The fourth-order valence-electron chi connectivity index (χ4n) is 4.63. The van der Waals surface area contributed by atoms with Gasteiger partial charge >= 0.3 is 0 Å². The van der Waals surface area contributed by atoms with Crippen LogP contribution in [0.5, 0.6) is 11.5 Å². The highest BCUT2D eigenvalue weighted by Crippen LogP contribution is 2.51. The summed E-state index contributed by atoms with van der Waals surface area (Å²) in [6, 6.07) is 1.23. The number of ether oxygens (including phenoxy) is 2. The standard InChI is InChI=1S/C28H38F4N2O2/c1-3-5-7-9-10-12-16-36-23-17-20-13-14-22(28(31,32)24(20)26(30)25(23)29)27-33-18-21(19-34-27)35-15-11-8-6-4-2/h17-19,22H,3-16H2,1-2H3. The second-order valence-electron chi connectivity index (χ2n) is 9.55. The summed E-state index contributed by atoms with van der Waals surface area (Å²) in [5.74, 6) is -8.02. The summed E-state index contributed by atoms with van der Waals surface area (Å²) in [6.07, 6.45) is 13.2. The van der Waals surface area contributed by atoms with Crippen molar-refractivity contribution >= 4 is 0 Å². The molecular weight excluding hydrogens is 472 g/mol. The molecule has 0 saturated heterocycles. The fraction of sp³-hybridized carbons (Fsp3) is 0.643. The van der Waals surface area contributed by atoms with Crippen molar-refractivity contribution in [2.24, 2.45) is 0 Å². The second kappa shape index (κ2) is 13.8. The van der Waals surface area contributed by atoms with E-state index in [1.807, 2.05) is 0 Å². The lowest BCUT2D eigenvalue weighted by atomic mass is 9.79. The van der Waals surface area contributed by atoms with Gasteiger partial charge in [-0.2, -0.15) is 4.39 Å². The SMILES string of the molecule is CCCCCCCCOc1cc2c(c(F)c1F)C(F)(F)C(c1ncc(OCCCCCC)cn1)CC2. The average Bonchev–Trinajstić information content (AvgIpc) is 2.86. The molecule has 0 N–H and O–H groups in total. The lowest BCUT2D eigenvalue weighted by Crippen LogP contribution is -2.33.